The van der Waals surface area contributed by atoms with Gasteiger partial charge in [-0.3, -0.25) is 37.3 Å². The van der Waals surface area contributed by atoms with Crippen LogP contribution in [0.5, 0.6) is 0 Å². The van der Waals surface area contributed by atoms with Crippen molar-refractivity contribution in [2.24, 2.45) is 11.8 Å². The Morgan fingerprint density at radius 2 is 0.451 bits per heavy atom. The quantitative estimate of drug-likeness (QED) is 0.0222. The van der Waals surface area contributed by atoms with Gasteiger partial charge in [0.05, 0.1) is 26.4 Å². The van der Waals surface area contributed by atoms with E-state index in [1.54, 1.807) is 0 Å². The van der Waals surface area contributed by atoms with Crippen LogP contribution < -0.4 is 0 Å². The van der Waals surface area contributed by atoms with E-state index in [0.29, 0.717) is 25.7 Å². The van der Waals surface area contributed by atoms with Gasteiger partial charge in [0.2, 0.25) is 0 Å². The number of carbonyl (C=O) groups is 4. The van der Waals surface area contributed by atoms with Gasteiger partial charge in [-0.05, 0) is 37.5 Å². The van der Waals surface area contributed by atoms with Crippen LogP contribution in [0, 0.1) is 11.8 Å². The monoisotopic (exact) mass is 1490 g/mol. The maximum atomic E-state index is 13.1. The number of rotatable bonds is 82. The van der Waals surface area contributed by atoms with E-state index in [2.05, 4.69) is 41.5 Å². The van der Waals surface area contributed by atoms with Gasteiger partial charge in [-0.15, -0.1) is 0 Å². The van der Waals surface area contributed by atoms with Crippen molar-refractivity contribution in [3.63, 3.8) is 0 Å². The first-order valence-corrected chi connectivity index (χ1v) is 46.0. The summed E-state index contributed by atoms with van der Waals surface area (Å²) >= 11 is 0. The molecule has 0 radical (unpaired) electrons. The predicted octanol–water partition coefficient (Wildman–Crippen LogP) is 25.1. The number of phosphoric acid groups is 2. The third kappa shape index (κ3) is 76.3. The number of aliphatic hydroxyl groups excluding tert-OH is 1. The standard InChI is InChI=1S/C83H162O17P2/c1-7-9-11-13-15-17-19-21-22-23-24-25-30-37-43-49-55-61-67-82(87)99-79(72-94-81(86)66-60-54-48-42-36-31-26-28-33-39-45-51-57-63-75(3)4)74-98-102(91,92)96-70-77(84)69-95-101(89,90)97-73-78(71-93-80(85)65-59-53-47-41-35-20-18-16-14-12-10-8-2)100-83(88)68-62-56-50-44-38-32-27-29-34-40-46-52-58-64-76(5)6/h75-79,84H,7-74H2,1-6H3,(H,89,90)(H,91,92)/t77-,78+,79+/m0/s1. The molecule has 0 bridgehead atoms. The maximum Gasteiger partial charge on any atom is 0.472 e. The molecule has 17 nitrogen and oxygen atoms in total. The summed E-state index contributed by atoms with van der Waals surface area (Å²) in [6.07, 6.45) is 65.1. The summed E-state index contributed by atoms with van der Waals surface area (Å²) in [6.45, 7) is 9.69. The van der Waals surface area contributed by atoms with E-state index < -0.39 is 97.5 Å². The number of phosphoric ester groups is 2. The van der Waals surface area contributed by atoms with Crippen LogP contribution in [0.3, 0.4) is 0 Å². The second-order valence-electron chi connectivity index (χ2n) is 30.8. The van der Waals surface area contributed by atoms with Crippen LogP contribution in [0.15, 0.2) is 0 Å². The lowest BCUT2D eigenvalue weighted by molar-refractivity contribution is -0.161. The highest BCUT2D eigenvalue weighted by atomic mass is 31.2. The Hall–Kier alpha value is -1.94. The zero-order valence-electron chi connectivity index (χ0n) is 66.9. The third-order valence-electron chi connectivity index (χ3n) is 19.5. The molecule has 3 N–H and O–H groups in total. The number of ether oxygens (including phenoxy) is 4. The average Bonchev–Trinajstić information content (AvgIpc) is 0.937. The molecule has 0 saturated heterocycles. The minimum Gasteiger partial charge on any atom is -0.462 e. The number of hydrogen-bond donors (Lipinski definition) is 3. The molecule has 0 spiro atoms. The lowest BCUT2D eigenvalue weighted by Gasteiger charge is -2.21. The Kier molecular flexibility index (Phi) is 73.1. The van der Waals surface area contributed by atoms with Crippen LogP contribution >= 0.6 is 15.6 Å². The predicted molar refractivity (Wildman–Crippen MR) is 418 cm³/mol. The molecular weight excluding hydrogens is 1330 g/mol. The molecular formula is C83H162O17P2. The molecule has 0 fully saturated rings. The van der Waals surface area contributed by atoms with Crippen molar-refractivity contribution >= 4 is 39.5 Å². The average molecular weight is 1490 g/mol. The van der Waals surface area contributed by atoms with Gasteiger partial charge in [-0.2, -0.15) is 0 Å². The first kappa shape index (κ1) is 100. The van der Waals surface area contributed by atoms with Gasteiger partial charge < -0.3 is 33.8 Å². The molecule has 102 heavy (non-hydrogen) atoms. The Labute approximate surface area is 626 Å². The molecule has 0 heterocycles. The zero-order valence-corrected chi connectivity index (χ0v) is 68.7. The molecule has 0 aliphatic carbocycles. The number of unbranched alkanes of at least 4 members (excludes halogenated alkanes) is 52. The topological polar surface area (TPSA) is 237 Å². The van der Waals surface area contributed by atoms with Gasteiger partial charge in [0.15, 0.2) is 12.2 Å². The van der Waals surface area contributed by atoms with E-state index >= 15 is 0 Å². The molecule has 0 aliphatic rings. The van der Waals surface area contributed by atoms with Crippen LogP contribution in [0.1, 0.15) is 440 Å². The molecule has 0 amide bonds. The van der Waals surface area contributed by atoms with Crippen LogP contribution in [-0.2, 0) is 65.4 Å². The summed E-state index contributed by atoms with van der Waals surface area (Å²) in [6, 6.07) is 0. The molecule has 0 aromatic rings. The van der Waals surface area contributed by atoms with Gasteiger partial charge in [0.1, 0.15) is 19.3 Å². The fraction of sp³-hybridized carbons (Fsp3) is 0.952. The number of hydrogen-bond acceptors (Lipinski definition) is 15. The summed E-state index contributed by atoms with van der Waals surface area (Å²) in [5.41, 5.74) is 0. The summed E-state index contributed by atoms with van der Waals surface area (Å²) in [7, 11) is -9.92. The van der Waals surface area contributed by atoms with E-state index in [1.807, 2.05) is 0 Å². The Bertz CT molecular complexity index is 1960. The van der Waals surface area contributed by atoms with Crippen LogP contribution in [0.2, 0.25) is 0 Å². The molecule has 0 rings (SSSR count). The molecule has 0 aromatic heterocycles. The molecule has 0 aliphatic heterocycles. The highest BCUT2D eigenvalue weighted by Crippen LogP contribution is 2.45. The number of esters is 4. The second kappa shape index (κ2) is 74.5. The third-order valence-corrected chi connectivity index (χ3v) is 21.4. The normalized spacial score (nSPS) is 13.9. The smallest absolute Gasteiger partial charge is 0.462 e. The van der Waals surface area contributed by atoms with Crippen LogP contribution in [-0.4, -0.2) is 96.7 Å². The van der Waals surface area contributed by atoms with Crippen LogP contribution in [0.4, 0.5) is 0 Å². The SMILES string of the molecule is CCCCCCCCCCCCCCCCCCCCC(=O)O[C@H](COC(=O)CCCCCCCCCCCCCCCC(C)C)COP(=O)(O)OC[C@@H](O)COP(=O)(O)OC[C@@H](COC(=O)CCCCCCCCCCCCCC)OC(=O)CCCCCCCCCCCCCCCC(C)C. The van der Waals surface area contributed by atoms with E-state index in [4.69, 9.17) is 37.0 Å². The minimum absolute atomic E-state index is 0.108. The molecule has 2 unspecified atom stereocenters. The lowest BCUT2D eigenvalue weighted by Crippen LogP contribution is -2.30. The largest absolute Gasteiger partial charge is 0.472 e. The van der Waals surface area contributed by atoms with Crippen molar-refractivity contribution in [1.29, 1.82) is 0 Å². The Morgan fingerprint density at radius 3 is 0.667 bits per heavy atom. The molecule has 0 aromatic carbocycles. The van der Waals surface area contributed by atoms with Gasteiger partial charge >= 0.3 is 39.5 Å². The highest BCUT2D eigenvalue weighted by Gasteiger charge is 2.30. The minimum atomic E-state index is -4.96. The van der Waals surface area contributed by atoms with Crippen LogP contribution in [0.25, 0.3) is 0 Å². The summed E-state index contributed by atoms with van der Waals surface area (Å²) in [5, 5.41) is 10.7. The van der Waals surface area contributed by atoms with Crippen molar-refractivity contribution in [2.75, 3.05) is 39.6 Å². The summed E-state index contributed by atoms with van der Waals surface area (Å²) in [4.78, 5) is 73.2. The molecule has 606 valence electrons. The van der Waals surface area contributed by atoms with Gasteiger partial charge in [0.25, 0.3) is 0 Å². The second-order valence-corrected chi connectivity index (χ2v) is 33.7. The lowest BCUT2D eigenvalue weighted by atomic mass is 10.0. The summed E-state index contributed by atoms with van der Waals surface area (Å²) in [5.74, 6) is -0.525. The van der Waals surface area contributed by atoms with Gasteiger partial charge in [-0.25, -0.2) is 9.13 Å². The first-order chi connectivity index (χ1) is 49.4. The van der Waals surface area contributed by atoms with E-state index in [0.717, 1.165) is 102 Å². The molecule has 0 saturated carbocycles. The van der Waals surface area contributed by atoms with Crippen molar-refractivity contribution in [3.05, 3.63) is 0 Å². The van der Waals surface area contributed by atoms with Gasteiger partial charge in [-0.1, -0.05) is 388 Å². The van der Waals surface area contributed by atoms with Crippen molar-refractivity contribution in [1.82, 2.24) is 0 Å². The Morgan fingerprint density at radius 1 is 0.265 bits per heavy atom. The first-order valence-electron chi connectivity index (χ1n) is 43.0. The zero-order chi connectivity index (χ0) is 74.9. The number of carbonyl (C=O) groups excluding carboxylic acids is 4. The van der Waals surface area contributed by atoms with Crippen molar-refractivity contribution in [3.8, 4) is 0 Å². The number of aliphatic hydroxyl groups is 1. The fourth-order valence-corrected chi connectivity index (χ4v) is 14.5. The fourth-order valence-electron chi connectivity index (χ4n) is 12.9. The summed E-state index contributed by atoms with van der Waals surface area (Å²) < 4.78 is 68.8. The van der Waals surface area contributed by atoms with E-state index in [9.17, 15) is 43.2 Å². The van der Waals surface area contributed by atoms with E-state index in [1.165, 1.54) is 257 Å². The van der Waals surface area contributed by atoms with E-state index in [-0.39, 0.29) is 25.7 Å². The Balaban J connectivity index is 5.26. The van der Waals surface area contributed by atoms with Gasteiger partial charge in [0, 0.05) is 25.7 Å². The molecule has 19 heteroatoms. The maximum absolute atomic E-state index is 13.1. The highest BCUT2D eigenvalue weighted by molar-refractivity contribution is 7.47. The molecule has 5 atom stereocenters. The van der Waals surface area contributed by atoms with Crippen molar-refractivity contribution < 1.29 is 80.2 Å². The van der Waals surface area contributed by atoms with Crippen molar-refractivity contribution in [2.45, 2.75) is 458 Å².